The zero-order chi connectivity index (χ0) is 29.3. The predicted octanol–water partition coefficient (Wildman–Crippen LogP) is 2.92. The van der Waals surface area contributed by atoms with Gasteiger partial charge >= 0.3 is 6.03 Å². The lowest BCUT2D eigenvalue weighted by Gasteiger charge is -2.26. The average molecular weight is 598 g/mol. The second kappa shape index (κ2) is 11.1. The van der Waals surface area contributed by atoms with Crippen molar-refractivity contribution < 1.29 is 22.4 Å². The molecule has 0 radical (unpaired) electrons. The lowest BCUT2D eigenvalue weighted by Crippen LogP contribution is -2.49. The number of thiazole rings is 1. The standard InChI is InChI=1S/C25H24FN9O4S2/c1-14-22(21-19(26)12-29-23(33-21)31-15-4-3-5-18(10-15)41(27,38)39)40-25(30-14)34(2)13-16-6-7-17(11-28-16)35-9-8-20(36)32-24(35)37/h3-7,10-12H,8-9,13H2,1-2H3,(H2,27,38,39)(H,29,31,33)(H,32,36,37). The number of aryl methyl sites for hydroxylation is 1. The number of nitrogens with one attached hydrogen (secondary N) is 2. The summed E-state index contributed by atoms with van der Waals surface area (Å²) in [6.45, 7) is 2.41. The van der Waals surface area contributed by atoms with E-state index in [1.807, 2.05) is 11.9 Å². The van der Waals surface area contributed by atoms with E-state index in [1.165, 1.54) is 34.4 Å². The smallest absolute Gasteiger partial charge is 0.328 e. The number of carbonyl (C=O) groups is 2. The molecule has 0 spiro atoms. The number of carbonyl (C=O) groups excluding carboxylic acids is 2. The Balaban J connectivity index is 1.32. The van der Waals surface area contributed by atoms with E-state index in [1.54, 1.807) is 31.3 Å². The summed E-state index contributed by atoms with van der Waals surface area (Å²) in [7, 11) is -2.08. The van der Waals surface area contributed by atoms with Gasteiger partial charge in [0.25, 0.3) is 0 Å². The molecule has 1 saturated heterocycles. The number of hydrogen-bond donors (Lipinski definition) is 3. The zero-order valence-corrected chi connectivity index (χ0v) is 23.5. The molecule has 1 aliphatic rings. The molecule has 0 atom stereocenters. The maximum atomic E-state index is 14.8. The van der Waals surface area contributed by atoms with Gasteiger partial charge in [-0.25, -0.2) is 37.7 Å². The third kappa shape index (κ3) is 6.29. The zero-order valence-electron chi connectivity index (χ0n) is 21.8. The van der Waals surface area contributed by atoms with Crippen LogP contribution in [0.25, 0.3) is 10.6 Å². The van der Waals surface area contributed by atoms with Crippen molar-refractivity contribution in [2.24, 2.45) is 5.14 Å². The van der Waals surface area contributed by atoms with Gasteiger partial charge in [-0.3, -0.25) is 20.0 Å². The number of imide groups is 1. The van der Waals surface area contributed by atoms with Gasteiger partial charge in [0.05, 0.1) is 45.8 Å². The summed E-state index contributed by atoms with van der Waals surface area (Å²) < 4.78 is 38.2. The second-order valence-corrected chi connectivity index (χ2v) is 11.7. The number of nitrogens with zero attached hydrogens (tertiary/aromatic N) is 6. The molecule has 1 aromatic carbocycles. The monoisotopic (exact) mass is 597 g/mol. The molecule has 4 N–H and O–H groups in total. The molecule has 13 nitrogen and oxygen atoms in total. The summed E-state index contributed by atoms with van der Waals surface area (Å²) in [5.41, 5.74) is 2.25. The molecule has 0 aliphatic carbocycles. The molecule has 1 fully saturated rings. The summed E-state index contributed by atoms with van der Waals surface area (Å²) in [5, 5.41) is 11.0. The van der Waals surface area contributed by atoms with E-state index in [0.717, 1.165) is 6.20 Å². The Morgan fingerprint density at radius 1 is 1.17 bits per heavy atom. The molecule has 0 bridgehead atoms. The van der Waals surface area contributed by atoms with Crippen LogP contribution in [0.5, 0.6) is 0 Å². The van der Waals surface area contributed by atoms with Crippen molar-refractivity contribution in [2.45, 2.75) is 24.8 Å². The Morgan fingerprint density at radius 3 is 2.68 bits per heavy atom. The average Bonchev–Trinajstić information content (AvgIpc) is 3.31. The molecule has 5 rings (SSSR count). The molecule has 3 amide bonds. The lowest BCUT2D eigenvalue weighted by atomic mass is 10.2. The molecular formula is C25H24FN9O4S2. The Bertz CT molecular complexity index is 1750. The van der Waals surface area contributed by atoms with Gasteiger partial charge in [0, 0.05) is 25.7 Å². The van der Waals surface area contributed by atoms with E-state index in [4.69, 9.17) is 5.14 Å². The topological polar surface area (TPSA) is 176 Å². The first-order valence-electron chi connectivity index (χ1n) is 12.2. The van der Waals surface area contributed by atoms with Crippen LogP contribution in [0.15, 0.2) is 53.7 Å². The second-order valence-electron chi connectivity index (χ2n) is 9.12. The van der Waals surface area contributed by atoms with Gasteiger partial charge in [0.15, 0.2) is 10.9 Å². The van der Waals surface area contributed by atoms with Crippen LogP contribution in [-0.4, -0.2) is 53.9 Å². The van der Waals surface area contributed by atoms with Crippen molar-refractivity contribution in [1.29, 1.82) is 0 Å². The number of primary sulfonamides is 1. The summed E-state index contributed by atoms with van der Waals surface area (Å²) in [6.07, 6.45) is 2.82. The minimum Gasteiger partial charge on any atom is -0.345 e. The molecule has 1 aliphatic heterocycles. The number of amides is 3. The third-order valence-electron chi connectivity index (χ3n) is 6.06. The first kappa shape index (κ1) is 28.0. The Labute approximate surface area is 238 Å². The van der Waals surface area contributed by atoms with Crippen LogP contribution in [0, 0.1) is 12.7 Å². The summed E-state index contributed by atoms with van der Waals surface area (Å²) in [6, 6.07) is 8.86. The maximum absolute atomic E-state index is 14.8. The molecule has 16 heteroatoms. The van der Waals surface area contributed by atoms with E-state index in [2.05, 4.69) is 30.6 Å². The number of nitrogens with two attached hydrogens (primary N) is 1. The fourth-order valence-electron chi connectivity index (χ4n) is 4.02. The van der Waals surface area contributed by atoms with Gasteiger partial charge in [0.2, 0.25) is 21.9 Å². The molecule has 4 aromatic rings. The first-order chi connectivity index (χ1) is 19.5. The Hall–Kier alpha value is -4.54. The number of benzene rings is 1. The molecule has 4 heterocycles. The highest BCUT2D eigenvalue weighted by molar-refractivity contribution is 7.89. The minimum absolute atomic E-state index is 0.0421. The molecular weight excluding hydrogens is 573 g/mol. The van der Waals surface area contributed by atoms with Gasteiger partial charge in [-0.05, 0) is 37.3 Å². The third-order valence-corrected chi connectivity index (χ3v) is 8.25. The normalized spacial score (nSPS) is 13.7. The van der Waals surface area contributed by atoms with Gasteiger partial charge in [-0.1, -0.05) is 17.4 Å². The minimum atomic E-state index is -3.91. The van der Waals surface area contributed by atoms with Crippen LogP contribution in [0.1, 0.15) is 17.8 Å². The number of urea groups is 1. The highest BCUT2D eigenvalue weighted by Gasteiger charge is 2.24. The number of sulfonamides is 1. The van der Waals surface area contributed by atoms with Crippen molar-refractivity contribution in [3.8, 4) is 10.6 Å². The number of pyridine rings is 1. The fraction of sp³-hybridized carbons (Fsp3) is 0.200. The number of aromatic nitrogens is 4. The van der Waals surface area contributed by atoms with Crippen LogP contribution in [0.4, 0.5) is 31.6 Å². The molecule has 0 saturated carbocycles. The number of halogens is 1. The first-order valence-corrected chi connectivity index (χ1v) is 14.5. The molecule has 212 valence electrons. The van der Waals surface area contributed by atoms with Crippen LogP contribution in [0.2, 0.25) is 0 Å². The van der Waals surface area contributed by atoms with Crippen LogP contribution >= 0.6 is 11.3 Å². The van der Waals surface area contributed by atoms with E-state index in [9.17, 15) is 22.4 Å². The van der Waals surface area contributed by atoms with Crippen molar-refractivity contribution >= 4 is 55.8 Å². The van der Waals surface area contributed by atoms with Crippen molar-refractivity contribution in [3.05, 3.63) is 66.0 Å². The number of hydrogen-bond acceptors (Lipinski definition) is 11. The highest BCUT2D eigenvalue weighted by Crippen LogP contribution is 2.35. The molecule has 41 heavy (non-hydrogen) atoms. The predicted molar refractivity (Wildman–Crippen MR) is 151 cm³/mol. The van der Waals surface area contributed by atoms with Crippen molar-refractivity contribution in [1.82, 2.24) is 25.3 Å². The molecule has 0 unspecified atom stereocenters. The number of rotatable bonds is 8. The van der Waals surface area contributed by atoms with Crippen molar-refractivity contribution in [2.75, 3.05) is 28.7 Å². The maximum Gasteiger partial charge on any atom is 0.328 e. The summed E-state index contributed by atoms with van der Waals surface area (Å²) in [4.78, 5) is 44.5. The van der Waals surface area contributed by atoms with E-state index < -0.39 is 21.9 Å². The Morgan fingerprint density at radius 2 is 1.98 bits per heavy atom. The Kier molecular flexibility index (Phi) is 7.61. The largest absolute Gasteiger partial charge is 0.345 e. The van der Waals surface area contributed by atoms with Gasteiger partial charge in [0.1, 0.15) is 5.69 Å². The number of anilines is 4. The van der Waals surface area contributed by atoms with E-state index >= 15 is 0 Å². The van der Waals surface area contributed by atoms with Crippen LogP contribution < -0.4 is 25.6 Å². The van der Waals surface area contributed by atoms with Gasteiger partial charge in [-0.2, -0.15) is 0 Å². The summed E-state index contributed by atoms with van der Waals surface area (Å²) >= 11 is 1.24. The van der Waals surface area contributed by atoms with Crippen molar-refractivity contribution in [3.63, 3.8) is 0 Å². The SMILES string of the molecule is Cc1nc(N(C)Cc2ccc(N3CCC(=O)NC3=O)cn2)sc1-c1nc(Nc2cccc(S(N)(=O)=O)c2)ncc1F. The lowest BCUT2D eigenvalue weighted by molar-refractivity contribution is -0.120. The van der Waals surface area contributed by atoms with E-state index in [0.29, 0.717) is 39.3 Å². The summed E-state index contributed by atoms with van der Waals surface area (Å²) in [5.74, 6) is -0.887. The van der Waals surface area contributed by atoms with Crippen LogP contribution in [0.3, 0.4) is 0 Å². The fourth-order valence-corrected chi connectivity index (χ4v) is 5.60. The quantitative estimate of drug-likeness (QED) is 0.274. The highest BCUT2D eigenvalue weighted by atomic mass is 32.2. The van der Waals surface area contributed by atoms with E-state index in [-0.39, 0.29) is 35.4 Å². The van der Waals surface area contributed by atoms with Gasteiger partial charge < -0.3 is 10.2 Å². The van der Waals surface area contributed by atoms with Gasteiger partial charge in [-0.15, -0.1) is 0 Å². The molecule has 3 aromatic heterocycles. The van der Waals surface area contributed by atoms with Crippen LogP contribution in [-0.2, 0) is 21.4 Å².